The molecular formula is C20H23N3O2. The van der Waals surface area contributed by atoms with Gasteiger partial charge in [0.2, 0.25) is 0 Å². The van der Waals surface area contributed by atoms with Gasteiger partial charge in [0.1, 0.15) is 5.69 Å². The highest BCUT2D eigenvalue weighted by atomic mass is 16.5. The number of benzene rings is 1. The summed E-state index contributed by atoms with van der Waals surface area (Å²) in [7, 11) is 1.82. The summed E-state index contributed by atoms with van der Waals surface area (Å²) in [5, 5.41) is 0. The van der Waals surface area contributed by atoms with Gasteiger partial charge in [0.05, 0.1) is 12.3 Å². The lowest BCUT2D eigenvalue weighted by atomic mass is 10.2. The van der Waals surface area contributed by atoms with Gasteiger partial charge in [-0.15, -0.1) is 0 Å². The standard InChI is InChI=1S/C20H23N3O2/c1-4-16-18(20(24)22(3)14-15-10-7-6-8-11-15)23-13-9-12-17(25-5-2)19(23)21-16/h6-13H,4-5,14H2,1-3H3. The Morgan fingerprint density at radius 3 is 2.60 bits per heavy atom. The van der Waals surface area contributed by atoms with Crippen LogP contribution in [0.4, 0.5) is 0 Å². The zero-order chi connectivity index (χ0) is 17.8. The van der Waals surface area contributed by atoms with Crippen molar-refractivity contribution in [2.45, 2.75) is 26.8 Å². The molecule has 0 N–H and O–H groups in total. The van der Waals surface area contributed by atoms with Gasteiger partial charge in [-0.05, 0) is 31.0 Å². The molecule has 130 valence electrons. The summed E-state index contributed by atoms with van der Waals surface area (Å²) in [4.78, 5) is 19.5. The normalized spacial score (nSPS) is 10.8. The van der Waals surface area contributed by atoms with Crippen LogP contribution < -0.4 is 4.74 Å². The molecule has 2 heterocycles. The number of nitrogens with zero attached hydrogens (tertiary/aromatic N) is 3. The SMILES string of the molecule is CCOc1cccn2c(C(=O)N(C)Cc3ccccc3)c(CC)nc12. The predicted molar refractivity (Wildman–Crippen MR) is 98.0 cm³/mol. The van der Waals surface area contributed by atoms with Gasteiger partial charge in [0, 0.05) is 19.8 Å². The molecule has 5 nitrogen and oxygen atoms in total. The number of ether oxygens (including phenoxy) is 1. The molecule has 0 fully saturated rings. The van der Waals surface area contributed by atoms with E-state index < -0.39 is 0 Å². The number of fused-ring (bicyclic) bond motifs is 1. The first kappa shape index (κ1) is 17.0. The van der Waals surface area contributed by atoms with Crippen LogP contribution in [0.3, 0.4) is 0 Å². The van der Waals surface area contributed by atoms with Crippen LogP contribution in [0.1, 0.15) is 35.6 Å². The summed E-state index contributed by atoms with van der Waals surface area (Å²) >= 11 is 0. The third-order valence-electron chi connectivity index (χ3n) is 4.13. The summed E-state index contributed by atoms with van der Waals surface area (Å²) in [5.74, 6) is 0.659. The maximum atomic E-state index is 13.1. The molecule has 0 aliphatic carbocycles. The van der Waals surface area contributed by atoms with E-state index in [0.717, 1.165) is 11.3 Å². The molecule has 0 unspecified atom stereocenters. The molecule has 0 atom stereocenters. The van der Waals surface area contributed by atoms with E-state index in [9.17, 15) is 4.79 Å². The number of rotatable bonds is 6. The second kappa shape index (κ2) is 7.38. The fourth-order valence-corrected chi connectivity index (χ4v) is 2.94. The third kappa shape index (κ3) is 3.36. The highest BCUT2D eigenvalue weighted by Crippen LogP contribution is 2.24. The maximum absolute atomic E-state index is 13.1. The van der Waals surface area contributed by atoms with Gasteiger partial charge >= 0.3 is 0 Å². The summed E-state index contributed by atoms with van der Waals surface area (Å²) < 4.78 is 7.50. The lowest BCUT2D eigenvalue weighted by molar-refractivity contribution is 0.0777. The van der Waals surface area contributed by atoms with Crippen LogP contribution in [-0.2, 0) is 13.0 Å². The minimum Gasteiger partial charge on any atom is -0.490 e. The minimum absolute atomic E-state index is 0.0400. The van der Waals surface area contributed by atoms with Crippen molar-refractivity contribution in [2.75, 3.05) is 13.7 Å². The first-order valence-corrected chi connectivity index (χ1v) is 8.57. The molecular weight excluding hydrogens is 314 g/mol. The molecule has 3 aromatic rings. The van der Waals surface area contributed by atoms with Crippen LogP contribution in [0.25, 0.3) is 5.65 Å². The van der Waals surface area contributed by atoms with E-state index in [-0.39, 0.29) is 5.91 Å². The number of hydrogen-bond donors (Lipinski definition) is 0. The molecule has 5 heteroatoms. The van der Waals surface area contributed by atoms with E-state index >= 15 is 0 Å². The number of amides is 1. The molecule has 25 heavy (non-hydrogen) atoms. The zero-order valence-electron chi connectivity index (χ0n) is 14.9. The van der Waals surface area contributed by atoms with Crippen LogP contribution in [-0.4, -0.2) is 33.8 Å². The van der Waals surface area contributed by atoms with Gasteiger partial charge in [-0.3, -0.25) is 9.20 Å². The smallest absolute Gasteiger partial charge is 0.272 e. The summed E-state index contributed by atoms with van der Waals surface area (Å²) in [6, 6.07) is 13.7. The molecule has 1 aromatic carbocycles. The molecule has 1 amide bonds. The zero-order valence-corrected chi connectivity index (χ0v) is 14.9. The molecule has 0 saturated heterocycles. The van der Waals surface area contributed by atoms with Gasteiger partial charge in [-0.1, -0.05) is 37.3 Å². The highest BCUT2D eigenvalue weighted by molar-refractivity contribution is 5.95. The van der Waals surface area contributed by atoms with Crippen molar-refractivity contribution >= 4 is 11.6 Å². The van der Waals surface area contributed by atoms with Gasteiger partial charge in [-0.2, -0.15) is 0 Å². The molecule has 2 aromatic heterocycles. The first-order chi connectivity index (χ1) is 12.2. The predicted octanol–water partition coefficient (Wildman–Crippen LogP) is 3.57. The van der Waals surface area contributed by atoms with E-state index in [1.807, 2.05) is 74.0 Å². The lowest BCUT2D eigenvalue weighted by Crippen LogP contribution is -2.28. The molecule has 3 rings (SSSR count). The van der Waals surface area contributed by atoms with E-state index in [2.05, 4.69) is 4.98 Å². The molecule has 0 spiro atoms. The average molecular weight is 337 g/mol. The number of carbonyl (C=O) groups excluding carboxylic acids is 1. The fourth-order valence-electron chi connectivity index (χ4n) is 2.94. The number of aryl methyl sites for hydroxylation is 1. The Labute approximate surface area is 147 Å². The Kier molecular flexibility index (Phi) is 5.03. The average Bonchev–Trinajstić information content (AvgIpc) is 3.01. The van der Waals surface area contributed by atoms with Crippen molar-refractivity contribution in [1.82, 2.24) is 14.3 Å². The molecule has 0 aliphatic rings. The van der Waals surface area contributed by atoms with Gasteiger partial charge in [0.25, 0.3) is 5.91 Å². The number of carbonyl (C=O) groups is 1. The van der Waals surface area contributed by atoms with Crippen LogP contribution in [0.5, 0.6) is 5.75 Å². The monoisotopic (exact) mass is 337 g/mol. The van der Waals surface area contributed by atoms with Crippen molar-refractivity contribution in [3.63, 3.8) is 0 Å². The largest absolute Gasteiger partial charge is 0.490 e. The number of aromatic nitrogens is 2. The van der Waals surface area contributed by atoms with Crippen molar-refractivity contribution in [2.24, 2.45) is 0 Å². The third-order valence-corrected chi connectivity index (χ3v) is 4.13. The second-order valence-corrected chi connectivity index (χ2v) is 5.91. The quantitative estimate of drug-likeness (QED) is 0.691. The summed E-state index contributed by atoms with van der Waals surface area (Å²) in [5.41, 5.74) is 3.19. The van der Waals surface area contributed by atoms with E-state index in [1.54, 1.807) is 4.90 Å². The number of imidazole rings is 1. The molecule has 0 radical (unpaired) electrons. The summed E-state index contributed by atoms with van der Waals surface area (Å²) in [6.07, 6.45) is 2.56. The van der Waals surface area contributed by atoms with Crippen LogP contribution in [0.15, 0.2) is 48.7 Å². The van der Waals surface area contributed by atoms with Crippen molar-refractivity contribution in [3.05, 3.63) is 65.6 Å². The van der Waals surface area contributed by atoms with E-state index in [4.69, 9.17) is 4.74 Å². The molecule has 0 bridgehead atoms. The Hall–Kier alpha value is -2.82. The van der Waals surface area contributed by atoms with Crippen molar-refractivity contribution < 1.29 is 9.53 Å². The maximum Gasteiger partial charge on any atom is 0.272 e. The Morgan fingerprint density at radius 1 is 1.16 bits per heavy atom. The van der Waals surface area contributed by atoms with Crippen molar-refractivity contribution in [3.8, 4) is 5.75 Å². The van der Waals surface area contributed by atoms with E-state index in [1.165, 1.54) is 0 Å². The lowest BCUT2D eigenvalue weighted by Gasteiger charge is -2.18. The number of hydrogen-bond acceptors (Lipinski definition) is 3. The second-order valence-electron chi connectivity index (χ2n) is 5.91. The van der Waals surface area contributed by atoms with Crippen molar-refractivity contribution in [1.29, 1.82) is 0 Å². The molecule has 0 aliphatic heterocycles. The first-order valence-electron chi connectivity index (χ1n) is 8.57. The van der Waals surface area contributed by atoms with Gasteiger partial charge in [0.15, 0.2) is 11.4 Å². The van der Waals surface area contributed by atoms with Gasteiger partial charge in [-0.25, -0.2) is 4.98 Å². The Bertz CT molecular complexity index is 871. The highest BCUT2D eigenvalue weighted by Gasteiger charge is 2.23. The topological polar surface area (TPSA) is 46.8 Å². The minimum atomic E-state index is -0.0400. The van der Waals surface area contributed by atoms with Crippen LogP contribution >= 0.6 is 0 Å². The Morgan fingerprint density at radius 2 is 1.92 bits per heavy atom. The van der Waals surface area contributed by atoms with E-state index in [0.29, 0.717) is 36.7 Å². The van der Waals surface area contributed by atoms with Crippen LogP contribution in [0.2, 0.25) is 0 Å². The molecule has 0 saturated carbocycles. The Balaban J connectivity index is 1.99. The van der Waals surface area contributed by atoms with Crippen LogP contribution in [0, 0.1) is 0 Å². The number of pyridine rings is 1. The van der Waals surface area contributed by atoms with Gasteiger partial charge < -0.3 is 9.64 Å². The summed E-state index contributed by atoms with van der Waals surface area (Å²) in [6.45, 7) is 5.06. The fraction of sp³-hybridized carbons (Fsp3) is 0.300.